The van der Waals surface area contributed by atoms with Crippen molar-refractivity contribution in [2.24, 2.45) is 0 Å². The number of piperidine rings is 1. The number of carbonyl (C=O) groups is 3. The Bertz CT molecular complexity index is 700. The van der Waals surface area contributed by atoms with E-state index in [0.717, 1.165) is 32.4 Å². The SMILES string of the molecule is CCOc1cc(C(=O)N(CC)CC(=O)O)ccc1OCC(=O)N1CCCCC1. The molecule has 1 aliphatic heterocycles. The van der Waals surface area contributed by atoms with Gasteiger partial charge in [0.05, 0.1) is 6.61 Å². The maximum atomic E-state index is 12.6. The molecule has 1 heterocycles. The number of aliphatic carboxylic acids is 1. The monoisotopic (exact) mass is 392 g/mol. The van der Waals surface area contributed by atoms with Gasteiger partial charge in [0.1, 0.15) is 6.54 Å². The molecule has 8 nitrogen and oxygen atoms in total. The maximum absolute atomic E-state index is 12.6. The molecule has 154 valence electrons. The van der Waals surface area contributed by atoms with Crippen LogP contribution in [-0.4, -0.2) is 72.1 Å². The lowest BCUT2D eigenvalue weighted by atomic mass is 10.1. The molecule has 1 aromatic rings. The zero-order valence-electron chi connectivity index (χ0n) is 16.5. The van der Waals surface area contributed by atoms with Gasteiger partial charge in [-0.25, -0.2) is 0 Å². The first kappa shape index (κ1) is 21.5. The van der Waals surface area contributed by atoms with Crippen molar-refractivity contribution in [3.63, 3.8) is 0 Å². The largest absolute Gasteiger partial charge is 0.490 e. The maximum Gasteiger partial charge on any atom is 0.323 e. The quantitative estimate of drug-likeness (QED) is 0.691. The highest BCUT2D eigenvalue weighted by molar-refractivity contribution is 5.96. The first-order chi connectivity index (χ1) is 13.5. The Morgan fingerprint density at radius 1 is 1.07 bits per heavy atom. The van der Waals surface area contributed by atoms with E-state index < -0.39 is 11.9 Å². The van der Waals surface area contributed by atoms with Crippen LogP contribution in [0.2, 0.25) is 0 Å². The van der Waals surface area contributed by atoms with Crippen LogP contribution in [0.1, 0.15) is 43.5 Å². The van der Waals surface area contributed by atoms with Gasteiger partial charge < -0.3 is 24.4 Å². The molecule has 0 atom stereocenters. The fraction of sp³-hybridized carbons (Fsp3) is 0.550. The molecule has 2 amide bonds. The zero-order chi connectivity index (χ0) is 20.5. The summed E-state index contributed by atoms with van der Waals surface area (Å²) in [6.45, 7) is 5.20. The predicted molar refractivity (Wildman–Crippen MR) is 103 cm³/mol. The Hall–Kier alpha value is -2.77. The first-order valence-electron chi connectivity index (χ1n) is 9.64. The summed E-state index contributed by atoms with van der Waals surface area (Å²) in [5.74, 6) is -0.810. The summed E-state index contributed by atoms with van der Waals surface area (Å²) >= 11 is 0. The van der Waals surface area contributed by atoms with Crippen LogP contribution in [0.15, 0.2) is 18.2 Å². The van der Waals surface area contributed by atoms with Crippen molar-refractivity contribution in [3.8, 4) is 11.5 Å². The number of rotatable bonds is 9. The predicted octanol–water partition coefficient (Wildman–Crippen LogP) is 2.02. The van der Waals surface area contributed by atoms with Crippen molar-refractivity contribution in [1.82, 2.24) is 9.80 Å². The third-order valence-electron chi connectivity index (χ3n) is 4.55. The molecule has 1 aromatic carbocycles. The molecule has 0 aromatic heterocycles. The molecule has 1 N–H and O–H groups in total. The Balaban J connectivity index is 2.09. The van der Waals surface area contributed by atoms with Crippen molar-refractivity contribution in [2.75, 3.05) is 39.4 Å². The Labute approximate surface area is 165 Å². The van der Waals surface area contributed by atoms with Crippen LogP contribution < -0.4 is 9.47 Å². The molecule has 0 aliphatic carbocycles. The van der Waals surface area contributed by atoms with Crippen LogP contribution >= 0.6 is 0 Å². The molecular weight excluding hydrogens is 364 g/mol. The van der Waals surface area contributed by atoms with Crippen molar-refractivity contribution in [2.45, 2.75) is 33.1 Å². The van der Waals surface area contributed by atoms with E-state index in [9.17, 15) is 14.4 Å². The first-order valence-corrected chi connectivity index (χ1v) is 9.64. The minimum absolute atomic E-state index is 0.0686. The number of nitrogens with zero attached hydrogens (tertiary/aromatic N) is 2. The van der Waals surface area contributed by atoms with E-state index in [1.165, 1.54) is 11.0 Å². The number of hydrogen-bond donors (Lipinski definition) is 1. The normalized spacial score (nSPS) is 13.7. The topological polar surface area (TPSA) is 96.4 Å². The number of amides is 2. The highest BCUT2D eigenvalue weighted by Gasteiger charge is 2.20. The molecule has 0 radical (unpaired) electrons. The molecule has 0 unspecified atom stereocenters. The Kier molecular flexibility index (Phi) is 8.10. The Morgan fingerprint density at radius 2 is 1.79 bits per heavy atom. The number of carboxylic acids is 1. The number of carboxylic acid groups (broad SMARTS) is 1. The average molecular weight is 392 g/mol. The van der Waals surface area contributed by atoms with Crippen molar-refractivity contribution in [1.29, 1.82) is 0 Å². The van der Waals surface area contributed by atoms with Crippen LogP contribution in [0, 0.1) is 0 Å². The van der Waals surface area contributed by atoms with Crippen LogP contribution in [-0.2, 0) is 9.59 Å². The van der Waals surface area contributed by atoms with Crippen LogP contribution in [0.5, 0.6) is 11.5 Å². The standard InChI is InChI=1S/C20H28N2O6/c1-3-21(13-19(24)25)20(26)15-8-9-16(17(12-15)27-4-2)28-14-18(23)22-10-6-5-7-11-22/h8-9,12H,3-7,10-11,13-14H2,1-2H3,(H,24,25). The van der Waals surface area contributed by atoms with E-state index in [2.05, 4.69) is 0 Å². The third kappa shape index (κ3) is 5.87. The van der Waals surface area contributed by atoms with Gasteiger partial charge in [0, 0.05) is 25.2 Å². The molecule has 0 spiro atoms. The van der Waals surface area contributed by atoms with Gasteiger partial charge in [-0.05, 0) is 51.3 Å². The van der Waals surface area contributed by atoms with Crippen LogP contribution in [0.4, 0.5) is 0 Å². The second-order valence-electron chi connectivity index (χ2n) is 6.54. The Morgan fingerprint density at radius 3 is 2.39 bits per heavy atom. The smallest absolute Gasteiger partial charge is 0.323 e. The summed E-state index contributed by atoms with van der Waals surface area (Å²) in [7, 11) is 0. The number of benzene rings is 1. The molecule has 8 heteroatoms. The summed E-state index contributed by atoms with van der Waals surface area (Å²) in [5, 5.41) is 8.95. The fourth-order valence-corrected chi connectivity index (χ4v) is 3.08. The van der Waals surface area contributed by atoms with Crippen molar-refractivity contribution >= 4 is 17.8 Å². The average Bonchev–Trinajstić information content (AvgIpc) is 2.71. The second kappa shape index (κ2) is 10.5. The van der Waals surface area contributed by atoms with E-state index in [-0.39, 0.29) is 25.6 Å². The van der Waals surface area contributed by atoms with Gasteiger partial charge in [-0.1, -0.05) is 0 Å². The second-order valence-corrected chi connectivity index (χ2v) is 6.54. The third-order valence-corrected chi connectivity index (χ3v) is 4.55. The van der Waals surface area contributed by atoms with E-state index in [1.54, 1.807) is 30.9 Å². The number of carbonyl (C=O) groups excluding carboxylic acids is 2. The van der Waals surface area contributed by atoms with Gasteiger partial charge in [0.2, 0.25) is 0 Å². The van der Waals surface area contributed by atoms with Gasteiger partial charge in [0.15, 0.2) is 18.1 Å². The minimum atomic E-state index is -1.07. The van der Waals surface area contributed by atoms with Gasteiger partial charge >= 0.3 is 5.97 Å². The summed E-state index contributed by atoms with van der Waals surface area (Å²) in [6.07, 6.45) is 3.17. The number of likely N-dealkylation sites (N-methyl/N-ethyl adjacent to an activating group) is 1. The van der Waals surface area contributed by atoms with Gasteiger partial charge in [-0.15, -0.1) is 0 Å². The molecule has 28 heavy (non-hydrogen) atoms. The van der Waals surface area contributed by atoms with E-state index in [1.807, 2.05) is 0 Å². The number of likely N-dealkylation sites (tertiary alicyclic amines) is 1. The zero-order valence-corrected chi connectivity index (χ0v) is 16.5. The van der Waals surface area contributed by atoms with Gasteiger partial charge in [0.25, 0.3) is 11.8 Å². The van der Waals surface area contributed by atoms with E-state index >= 15 is 0 Å². The molecule has 0 bridgehead atoms. The van der Waals surface area contributed by atoms with Gasteiger partial charge in [-0.3, -0.25) is 14.4 Å². The van der Waals surface area contributed by atoms with Crippen LogP contribution in [0.25, 0.3) is 0 Å². The van der Waals surface area contributed by atoms with E-state index in [4.69, 9.17) is 14.6 Å². The lowest BCUT2D eigenvalue weighted by Crippen LogP contribution is -2.38. The molecule has 0 saturated carbocycles. The lowest BCUT2D eigenvalue weighted by molar-refractivity contribution is -0.137. The fourth-order valence-electron chi connectivity index (χ4n) is 3.08. The lowest BCUT2D eigenvalue weighted by Gasteiger charge is -2.26. The highest BCUT2D eigenvalue weighted by atomic mass is 16.5. The van der Waals surface area contributed by atoms with Crippen molar-refractivity contribution in [3.05, 3.63) is 23.8 Å². The molecular formula is C20H28N2O6. The van der Waals surface area contributed by atoms with Crippen molar-refractivity contribution < 1.29 is 29.0 Å². The summed E-state index contributed by atoms with van der Waals surface area (Å²) in [5.41, 5.74) is 0.307. The molecule has 2 rings (SSSR count). The molecule has 1 fully saturated rings. The summed E-state index contributed by atoms with van der Waals surface area (Å²) in [6, 6.07) is 4.66. The van der Waals surface area contributed by atoms with Gasteiger partial charge in [-0.2, -0.15) is 0 Å². The molecule has 1 saturated heterocycles. The number of ether oxygens (including phenoxy) is 2. The summed E-state index contributed by atoms with van der Waals surface area (Å²) < 4.78 is 11.2. The highest BCUT2D eigenvalue weighted by Crippen LogP contribution is 2.29. The van der Waals surface area contributed by atoms with E-state index in [0.29, 0.717) is 23.7 Å². The summed E-state index contributed by atoms with van der Waals surface area (Å²) in [4.78, 5) is 38.8. The number of hydrogen-bond acceptors (Lipinski definition) is 5. The van der Waals surface area contributed by atoms with Crippen LogP contribution in [0.3, 0.4) is 0 Å². The molecule has 1 aliphatic rings. The minimum Gasteiger partial charge on any atom is -0.490 e.